The Kier molecular flexibility index (Phi) is 4.65. The van der Waals surface area contributed by atoms with Crippen molar-refractivity contribution in [3.63, 3.8) is 0 Å². The molecule has 1 fully saturated rings. The van der Waals surface area contributed by atoms with Crippen molar-refractivity contribution >= 4 is 34.7 Å². The summed E-state index contributed by atoms with van der Waals surface area (Å²) in [6.45, 7) is -0.358. The first-order chi connectivity index (χ1) is 13.7. The van der Waals surface area contributed by atoms with Crippen molar-refractivity contribution in [2.45, 2.75) is 39.1 Å². The lowest BCUT2D eigenvalue weighted by molar-refractivity contribution is -0.0646. The number of hydrogen-bond acceptors (Lipinski definition) is 9. The Morgan fingerprint density at radius 2 is 2.00 bits per heavy atom. The van der Waals surface area contributed by atoms with Crippen LogP contribution in [0.1, 0.15) is 6.23 Å². The number of nitrogens with one attached hydrogen (secondary N) is 1. The number of aromatic nitrogens is 4. The van der Waals surface area contributed by atoms with Gasteiger partial charge in [-0.15, -0.1) is 0 Å². The molecule has 0 saturated carbocycles. The van der Waals surface area contributed by atoms with Gasteiger partial charge in [0.2, 0.25) is 0 Å². The lowest BCUT2D eigenvalue weighted by Gasteiger charge is -2.24. The molecular formula is C17H16N4O5S2. The first kappa shape index (κ1) is 18.2. The van der Waals surface area contributed by atoms with Gasteiger partial charge in [-0.3, -0.25) is 9.36 Å². The monoisotopic (exact) mass is 420 g/mol. The van der Waals surface area contributed by atoms with E-state index in [0.29, 0.717) is 5.65 Å². The van der Waals surface area contributed by atoms with Crippen LogP contribution in [-0.4, -0.2) is 59.4 Å². The first-order valence-electron chi connectivity index (χ1n) is 8.58. The van der Waals surface area contributed by atoms with Crippen LogP contribution in [0.5, 0.6) is 0 Å². The van der Waals surface area contributed by atoms with Crippen LogP contribution in [0.2, 0.25) is 0 Å². The molecule has 28 heavy (non-hydrogen) atoms. The number of imidazole rings is 1. The maximum atomic E-state index is 11.9. The SMILES string of the molecule is O=c1[nH]cnc2c1ncn2[C@@H]1O[C@H](CO)C(O)[C@@H]1OC1Sc2ccccc2S1. The van der Waals surface area contributed by atoms with Gasteiger partial charge in [-0.1, -0.05) is 35.7 Å². The minimum atomic E-state index is -1.04. The Morgan fingerprint density at radius 3 is 2.71 bits per heavy atom. The normalized spacial score (nSPS) is 27.5. The van der Waals surface area contributed by atoms with Gasteiger partial charge in [0.25, 0.3) is 5.56 Å². The van der Waals surface area contributed by atoms with Crippen LogP contribution in [0.15, 0.2) is 51.5 Å². The topological polar surface area (TPSA) is 122 Å². The third kappa shape index (κ3) is 2.95. The molecule has 4 atom stereocenters. The second-order valence-electron chi connectivity index (χ2n) is 6.37. The Morgan fingerprint density at radius 1 is 1.25 bits per heavy atom. The molecule has 2 aromatic heterocycles. The highest BCUT2D eigenvalue weighted by Gasteiger charge is 2.47. The Bertz CT molecular complexity index is 1050. The molecule has 2 aliphatic heterocycles. The van der Waals surface area contributed by atoms with Gasteiger partial charge in [0, 0.05) is 9.79 Å². The summed E-state index contributed by atoms with van der Waals surface area (Å²) >= 11 is 3.11. The van der Waals surface area contributed by atoms with Crippen molar-refractivity contribution in [1.82, 2.24) is 19.5 Å². The number of aliphatic hydroxyl groups excluding tert-OH is 2. The van der Waals surface area contributed by atoms with Crippen molar-refractivity contribution < 1.29 is 19.7 Å². The van der Waals surface area contributed by atoms with Crippen LogP contribution in [0.3, 0.4) is 0 Å². The summed E-state index contributed by atoms with van der Waals surface area (Å²) in [5.41, 5.74) is 0.128. The highest BCUT2D eigenvalue weighted by atomic mass is 32.2. The van der Waals surface area contributed by atoms with E-state index in [1.165, 1.54) is 12.7 Å². The number of H-pyrrole nitrogens is 1. The lowest BCUT2D eigenvalue weighted by atomic mass is 10.1. The predicted molar refractivity (Wildman–Crippen MR) is 102 cm³/mol. The molecule has 0 amide bonds. The van der Waals surface area contributed by atoms with Gasteiger partial charge < -0.3 is 24.7 Å². The van der Waals surface area contributed by atoms with E-state index in [1.54, 1.807) is 28.1 Å². The number of thioether (sulfide) groups is 2. The lowest BCUT2D eigenvalue weighted by Crippen LogP contribution is -2.36. The van der Waals surface area contributed by atoms with E-state index in [4.69, 9.17) is 9.47 Å². The second-order valence-corrected chi connectivity index (χ2v) is 8.87. The minimum absolute atomic E-state index is 0.170. The van der Waals surface area contributed by atoms with Gasteiger partial charge in [-0.05, 0) is 12.1 Å². The summed E-state index contributed by atoms with van der Waals surface area (Å²) in [7, 11) is 0. The molecule has 0 bridgehead atoms. The molecule has 146 valence electrons. The number of ether oxygens (including phenoxy) is 2. The minimum Gasteiger partial charge on any atom is -0.394 e. The van der Waals surface area contributed by atoms with Crippen molar-refractivity contribution in [3.05, 3.63) is 47.3 Å². The molecular weight excluding hydrogens is 404 g/mol. The van der Waals surface area contributed by atoms with Crippen LogP contribution in [-0.2, 0) is 9.47 Å². The number of rotatable bonds is 4. The van der Waals surface area contributed by atoms with E-state index in [1.807, 2.05) is 24.3 Å². The molecule has 3 aromatic rings. The van der Waals surface area contributed by atoms with E-state index >= 15 is 0 Å². The van der Waals surface area contributed by atoms with E-state index in [2.05, 4.69) is 15.0 Å². The summed E-state index contributed by atoms with van der Waals surface area (Å²) in [5.74, 6) is 0. The Hall–Kier alpha value is -1.89. The van der Waals surface area contributed by atoms with Gasteiger partial charge in [-0.2, -0.15) is 0 Å². The van der Waals surface area contributed by atoms with Gasteiger partial charge in [0.15, 0.2) is 22.2 Å². The second kappa shape index (κ2) is 7.17. The highest BCUT2D eigenvalue weighted by Crippen LogP contribution is 2.49. The van der Waals surface area contributed by atoms with Crippen molar-refractivity contribution in [2.24, 2.45) is 0 Å². The number of benzene rings is 1. The largest absolute Gasteiger partial charge is 0.394 e. The number of fused-ring (bicyclic) bond motifs is 2. The summed E-state index contributed by atoms with van der Waals surface area (Å²) in [6.07, 6.45) is -0.685. The molecule has 9 nitrogen and oxygen atoms in total. The quantitative estimate of drug-likeness (QED) is 0.566. The number of aliphatic hydroxyl groups is 2. The smallest absolute Gasteiger partial charge is 0.278 e. The van der Waals surface area contributed by atoms with E-state index in [-0.39, 0.29) is 22.5 Å². The van der Waals surface area contributed by atoms with Gasteiger partial charge in [-0.25, -0.2) is 9.97 Å². The van der Waals surface area contributed by atoms with E-state index < -0.39 is 24.5 Å². The molecule has 3 N–H and O–H groups in total. The summed E-state index contributed by atoms with van der Waals surface area (Å²) in [6, 6.07) is 7.97. The summed E-state index contributed by atoms with van der Waals surface area (Å²) < 4.78 is 13.3. The molecule has 2 aliphatic rings. The standard InChI is InChI=1S/C17H16N4O5S2/c22-5-8-12(23)13(26-17-27-9-3-1-2-4-10(9)28-17)16(25-8)21-7-20-11-14(21)18-6-19-15(11)24/h1-4,6-8,12-13,16-17,22-23H,5H2,(H,18,19,24)/t8-,12?,13+,16-/m1/s1. The fourth-order valence-corrected chi connectivity index (χ4v) is 5.92. The zero-order valence-electron chi connectivity index (χ0n) is 14.3. The Labute approximate surface area is 167 Å². The number of hydrogen-bond donors (Lipinski definition) is 3. The number of aromatic amines is 1. The van der Waals surface area contributed by atoms with Crippen LogP contribution >= 0.6 is 23.5 Å². The van der Waals surface area contributed by atoms with E-state index in [0.717, 1.165) is 9.79 Å². The third-order valence-electron chi connectivity index (χ3n) is 4.70. The Balaban J connectivity index is 1.46. The zero-order valence-corrected chi connectivity index (χ0v) is 16.0. The first-order valence-corrected chi connectivity index (χ1v) is 10.3. The van der Waals surface area contributed by atoms with Crippen LogP contribution in [0.4, 0.5) is 0 Å². The third-order valence-corrected chi connectivity index (χ3v) is 7.23. The fraction of sp³-hybridized carbons (Fsp3) is 0.353. The van der Waals surface area contributed by atoms with Crippen molar-refractivity contribution in [1.29, 1.82) is 0 Å². The maximum absolute atomic E-state index is 11.9. The molecule has 5 rings (SSSR count). The van der Waals surface area contributed by atoms with Gasteiger partial charge in [0.05, 0.1) is 19.3 Å². The molecule has 0 radical (unpaired) electrons. The molecule has 1 saturated heterocycles. The van der Waals surface area contributed by atoms with E-state index in [9.17, 15) is 15.0 Å². The number of nitrogens with zero attached hydrogens (tertiary/aromatic N) is 3. The van der Waals surface area contributed by atoms with Crippen LogP contribution < -0.4 is 5.56 Å². The molecule has 1 aromatic carbocycles. The summed E-state index contributed by atoms with van der Waals surface area (Å²) in [4.78, 5) is 24.9. The summed E-state index contributed by atoms with van der Waals surface area (Å²) in [5, 5.41) is 20.3. The van der Waals surface area contributed by atoms with Crippen molar-refractivity contribution in [3.8, 4) is 0 Å². The van der Waals surface area contributed by atoms with Crippen LogP contribution in [0, 0.1) is 0 Å². The zero-order chi connectivity index (χ0) is 19.3. The van der Waals surface area contributed by atoms with Crippen LogP contribution in [0.25, 0.3) is 11.2 Å². The van der Waals surface area contributed by atoms with Gasteiger partial charge in [0.1, 0.15) is 18.3 Å². The van der Waals surface area contributed by atoms with Gasteiger partial charge >= 0.3 is 0 Å². The molecule has 1 unspecified atom stereocenters. The average Bonchev–Trinajstić information content (AvgIpc) is 3.38. The highest BCUT2D eigenvalue weighted by molar-refractivity contribution is 8.19. The molecule has 0 aliphatic carbocycles. The molecule has 11 heteroatoms. The fourth-order valence-electron chi connectivity index (χ4n) is 3.35. The predicted octanol–water partition coefficient (Wildman–Crippen LogP) is 0.937. The van der Waals surface area contributed by atoms with Crippen molar-refractivity contribution in [2.75, 3.05) is 6.61 Å². The maximum Gasteiger partial charge on any atom is 0.278 e. The average molecular weight is 420 g/mol. The molecule has 0 spiro atoms. The molecule has 4 heterocycles.